The lowest BCUT2D eigenvalue weighted by molar-refractivity contribution is 0.143. The third-order valence-corrected chi connectivity index (χ3v) is 7.55. The zero-order chi connectivity index (χ0) is 25.2. The Hall–Kier alpha value is -2.83. The van der Waals surface area contributed by atoms with Crippen molar-refractivity contribution in [2.75, 3.05) is 13.1 Å². The van der Waals surface area contributed by atoms with Gasteiger partial charge in [0.25, 0.3) is 12.9 Å². The van der Waals surface area contributed by atoms with E-state index in [-0.39, 0.29) is 17.9 Å². The van der Waals surface area contributed by atoms with E-state index in [0.717, 1.165) is 45.4 Å². The van der Waals surface area contributed by atoms with Gasteiger partial charge in [-0.1, -0.05) is 6.07 Å². The van der Waals surface area contributed by atoms with Crippen LogP contribution >= 0.6 is 11.3 Å². The zero-order valence-electron chi connectivity index (χ0n) is 19.2. The summed E-state index contributed by atoms with van der Waals surface area (Å²) in [6, 6.07) is 5.56. The molecule has 0 saturated carbocycles. The Balaban J connectivity index is 1.18. The summed E-state index contributed by atoms with van der Waals surface area (Å²) in [4.78, 5) is 6.83. The van der Waals surface area contributed by atoms with Crippen molar-refractivity contribution in [2.45, 2.75) is 50.9 Å². The van der Waals surface area contributed by atoms with Crippen LogP contribution in [0, 0.1) is 5.82 Å². The quantitative estimate of drug-likeness (QED) is 0.414. The van der Waals surface area contributed by atoms with E-state index in [9.17, 15) is 22.0 Å². The van der Waals surface area contributed by atoms with Gasteiger partial charge in [0.15, 0.2) is 0 Å². The molecule has 1 fully saturated rings. The Labute approximate surface area is 208 Å². The highest BCUT2D eigenvalue weighted by Crippen LogP contribution is 2.32. The number of nitrogens with one attached hydrogen (secondary N) is 2. The van der Waals surface area contributed by atoms with E-state index >= 15 is 0 Å². The summed E-state index contributed by atoms with van der Waals surface area (Å²) in [5.41, 5.74) is 1.67. The van der Waals surface area contributed by atoms with Gasteiger partial charge in [0.2, 0.25) is 0 Å². The molecule has 192 valence electrons. The smallest absolute Gasteiger partial charge is 0.282 e. The molecule has 3 aromatic rings. The first-order chi connectivity index (χ1) is 17.4. The molecule has 1 unspecified atom stereocenters. The standard InChI is InChI=1S/C24H25F5N6S/c25-17-2-1-15-11-30-23(31-12-16(15)9-17)19-13-36-24(32-19)14-3-5-34(6-4-14)7-8-35-20(22(28)29)10-18(33-35)21(26)27/h1-2,7-10,13-14,21-23,30-31H,3-6,11-12H2. The van der Waals surface area contributed by atoms with Crippen molar-refractivity contribution in [3.63, 3.8) is 0 Å². The van der Waals surface area contributed by atoms with Crippen LogP contribution in [0.2, 0.25) is 0 Å². The first-order valence-corrected chi connectivity index (χ1v) is 12.5. The Bertz CT molecular complexity index is 1220. The lowest BCUT2D eigenvalue weighted by atomic mass is 9.98. The first kappa shape index (κ1) is 24.8. The predicted molar refractivity (Wildman–Crippen MR) is 126 cm³/mol. The molecule has 0 amide bonds. The lowest BCUT2D eigenvalue weighted by Crippen LogP contribution is -2.31. The van der Waals surface area contributed by atoms with Crippen LogP contribution in [0.5, 0.6) is 0 Å². The molecular formula is C24H25F5N6S. The summed E-state index contributed by atoms with van der Waals surface area (Å²) in [7, 11) is 0. The van der Waals surface area contributed by atoms with Gasteiger partial charge in [-0.15, -0.1) is 11.3 Å². The molecule has 0 aliphatic carbocycles. The largest absolute Gasteiger partial charge is 0.376 e. The van der Waals surface area contributed by atoms with E-state index < -0.39 is 24.2 Å². The molecule has 1 atom stereocenters. The fourth-order valence-corrected chi connectivity index (χ4v) is 5.54. The van der Waals surface area contributed by atoms with E-state index in [1.165, 1.54) is 12.3 Å². The third-order valence-electron chi connectivity index (χ3n) is 6.53. The molecule has 36 heavy (non-hydrogen) atoms. The summed E-state index contributed by atoms with van der Waals surface area (Å²) in [5, 5.41) is 13.5. The number of alkyl halides is 4. The van der Waals surface area contributed by atoms with E-state index in [4.69, 9.17) is 4.98 Å². The average molecular weight is 525 g/mol. The second-order valence-corrected chi connectivity index (χ2v) is 9.76. The van der Waals surface area contributed by atoms with Crippen molar-refractivity contribution in [2.24, 2.45) is 0 Å². The van der Waals surface area contributed by atoms with Crippen LogP contribution in [0.4, 0.5) is 22.0 Å². The van der Waals surface area contributed by atoms with Crippen LogP contribution in [0.15, 0.2) is 35.8 Å². The molecule has 2 aliphatic rings. The van der Waals surface area contributed by atoms with Crippen LogP contribution in [0.1, 0.15) is 71.0 Å². The monoisotopic (exact) mass is 524 g/mol. The third kappa shape index (κ3) is 5.45. The number of fused-ring (bicyclic) bond motifs is 1. The molecule has 0 bridgehead atoms. The maximum Gasteiger partial charge on any atom is 0.282 e. The Morgan fingerprint density at radius 2 is 1.72 bits per heavy atom. The number of hydrogen-bond donors (Lipinski definition) is 2. The van der Waals surface area contributed by atoms with Gasteiger partial charge in [0, 0.05) is 49.9 Å². The highest BCUT2D eigenvalue weighted by atomic mass is 32.1. The molecule has 1 saturated heterocycles. The van der Waals surface area contributed by atoms with E-state index in [1.54, 1.807) is 29.7 Å². The summed E-state index contributed by atoms with van der Waals surface area (Å²) in [5.74, 6) is 0.0281. The molecule has 2 aromatic heterocycles. The maximum atomic E-state index is 13.6. The van der Waals surface area contributed by atoms with Gasteiger partial charge in [-0.2, -0.15) is 5.10 Å². The molecule has 12 heteroatoms. The van der Waals surface area contributed by atoms with E-state index in [0.29, 0.717) is 26.2 Å². The predicted octanol–water partition coefficient (Wildman–Crippen LogP) is 5.55. The van der Waals surface area contributed by atoms with Gasteiger partial charge in [-0.25, -0.2) is 31.6 Å². The van der Waals surface area contributed by atoms with Gasteiger partial charge >= 0.3 is 0 Å². The van der Waals surface area contributed by atoms with Gasteiger partial charge < -0.3 is 4.90 Å². The van der Waals surface area contributed by atoms with Gasteiger partial charge in [0.1, 0.15) is 23.4 Å². The lowest BCUT2D eigenvalue weighted by Gasteiger charge is -2.30. The second-order valence-electron chi connectivity index (χ2n) is 8.87. The number of thiazole rings is 1. The molecular weight excluding hydrogens is 499 g/mol. The SMILES string of the molecule is Fc1ccc2c(c1)CNC(c1csc(C3CCN(C=Cn4nc(C(F)F)cc4C(F)F)CC3)n1)NC2. The minimum Gasteiger partial charge on any atom is -0.376 e. The minimum absolute atomic E-state index is 0.135. The number of likely N-dealkylation sites (tertiary alicyclic amines) is 1. The van der Waals surface area contributed by atoms with Crippen LogP contribution in [-0.4, -0.2) is 32.8 Å². The topological polar surface area (TPSA) is 58.0 Å². The summed E-state index contributed by atoms with van der Waals surface area (Å²) >= 11 is 1.61. The number of piperidine rings is 1. The van der Waals surface area contributed by atoms with Gasteiger partial charge in [0.05, 0.1) is 10.7 Å². The van der Waals surface area contributed by atoms with Gasteiger partial charge in [-0.3, -0.25) is 10.6 Å². The molecule has 4 heterocycles. The van der Waals surface area contributed by atoms with Crippen molar-refractivity contribution in [3.05, 3.63) is 74.9 Å². The summed E-state index contributed by atoms with van der Waals surface area (Å²) in [6.07, 6.45) is -1.34. The average Bonchev–Trinajstić information content (AvgIpc) is 3.47. The number of benzene rings is 1. The summed E-state index contributed by atoms with van der Waals surface area (Å²) < 4.78 is 66.5. The van der Waals surface area contributed by atoms with Crippen molar-refractivity contribution >= 4 is 17.5 Å². The van der Waals surface area contributed by atoms with Crippen molar-refractivity contribution in [1.82, 2.24) is 30.3 Å². The van der Waals surface area contributed by atoms with Crippen LogP contribution in [0.3, 0.4) is 0 Å². The molecule has 0 radical (unpaired) electrons. The van der Waals surface area contributed by atoms with Crippen LogP contribution in [-0.2, 0) is 13.1 Å². The Morgan fingerprint density at radius 3 is 2.44 bits per heavy atom. The van der Waals surface area contributed by atoms with Crippen molar-refractivity contribution in [1.29, 1.82) is 0 Å². The molecule has 6 nitrogen and oxygen atoms in total. The molecule has 2 N–H and O–H groups in total. The van der Waals surface area contributed by atoms with Crippen molar-refractivity contribution < 1.29 is 22.0 Å². The number of rotatable bonds is 6. The number of nitrogens with zero attached hydrogens (tertiary/aromatic N) is 4. The van der Waals surface area contributed by atoms with Gasteiger partial charge in [-0.05, 0) is 42.2 Å². The Morgan fingerprint density at radius 1 is 0.972 bits per heavy atom. The normalized spacial score (nSPS) is 19.4. The first-order valence-electron chi connectivity index (χ1n) is 11.6. The fraction of sp³-hybridized carbons (Fsp3) is 0.417. The Kier molecular flexibility index (Phi) is 7.35. The van der Waals surface area contributed by atoms with E-state index in [1.807, 2.05) is 10.3 Å². The minimum atomic E-state index is -2.90. The number of halogens is 5. The van der Waals surface area contributed by atoms with Crippen LogP contribution < -0.4 is 10.6 Å². The fourth-order valence-electron chi connectivity index (χ4n) is 4.53. The number of aromatic nitrogens is 3. The highest BCUT2D eigenvalue weighted by molar-refractivity contribution is 7.09. The summed E-state index contributed by atoms with van der Waals surface area (Å²) in [6.45, 7) is 2.53. The zero-order valence-corrected chi connectivity index (χ0v) is 20.0. The number of hydrogen-bond acceptors (Lipinski definition) is 6. The van der Waals surface area contributed by atoms with Crippen LogP contribution in [0.25, 0.3) is 6.20 Å². The molecule has 5 rings (SSSR count). The second kappa shape index (κ2) is 10.7. The molecule has 0 spiro atoms. The highest BCUT2D eigenvalue weighted by Gasteiger charge is 2.25. The molecule has 2 aliphatic heterocycles. The molecule has 1 aromatic carbocycles. The van der Waals surface area contributed by atoms with E-state index in [2.05, 4.69) is 15.7 Å². The maximum absolute atomic E-state index is 13.6. The van der Waals surface area contributed by atoms with Crippen molar-refractivity contribution in [3.8, 4) is 0 Å².